The van der Waals surface area contributed by atoms with Crippen molar-refractivity contribution in [2.75, 3.05) is 11.4 Å². The molecular formula is C27H26N2O5. The third-order valence-electron chi connectivity index (χ3n) is 7.04. The van der Waals surface area contributed by atoms with Gasteiger partial charge in [0.2, 0.25) is 17.7 Å². The Kier molecular flexibility index (Phi) is 5.77. The molecule has 0 aromatic heterocycles. The first-order valence-electron chi connectivity index (χ1n) is 11.6. The van der Waals surface area contributed by atoms with Gasteiger partial charge in [0.1, 0.15) is 5.75 Å². The van der Waals surface area contributed by atoms with Gasteiger partial charge in [-0.2, -0.15) is 0 Å². The molecule has 174 valence electrons. The van der Waals surface area contributed by atoms with Crippen molar-refractivity contribution in [3.8, 4) is 5.75 Å². The number of nitrogens with zero attached hydrogens (tertiary/aromatic N) is 2. The molecule has 34 heavy (non-hydrogen) atoms. The average molecular weight is 459 g/mol. The molecular weight excluding hydrogens is 432 g/mol. The lowest BCUT2D eigenvalue weighted by Gasteiger charge is -2.25. The molecule has 3 amide bonds. The van der Waals surface area contributed by atoms with Gasteiger partial charge in [0.05, 0.1) is 29.5 Å². The Labute approximate surface area is 198 Å². The van der Waals surface area contributed by atoms with Crippen molar-refractivity contribution in [2.24, 2.45) is 17.8 Å². The van der Waals surface area contributed by atoms with Gasteiger partial charge in [0.15, 0.2) is 0 Å². The predicted molar refractivity (Wildman–Crippen MR) is 125 cm³/mol. The van der Waals surface area contributed by atoms with E-state index in [2.05, 4.69) is 0 Å². The van der Waals surface area contributed by atoms with Gasteiger partial charge in [-0.15, -0.1) is 0 Å². The number of carbonyl (C=O) groups excluding carboxylic acids is 4. The van der Waals surface area contributed by atoms with Gasteiger partial charge in [-0.25, -0.2) is 4.90 Å². The van der Waals surface area contributed by atoms with E-state index in [9.17, 15) is 19.2 Å². The summed E-state index contributed by atoms with van der Waals surface area (Å²) in [5.41, 5.74) is 1.41. The molecule has 2 heterocycles. The summed E-state index contributed by atoms with van der Waals surface area (Å²) in [7, 11) is 0. The van der Waals surface area contributed by atoms with Crippen LogP contribution in [-0.2, 0) is 19.2 Å². The molecule has 2 saturated heterocycles. The van der Waals surface area contributed by atoms with Crippen molar-refractivity contribution in [1.29, 1.82) is 0 Å². The van der Waals surface area contributed by atoms with Gasteiger partial charge in [0, 0.05) is 19.0 Å². The highest BCUT2D eigenvalue weighted by molar-refractivity contribution is 6.22. The largest absolute Gasteiger partial charge is 0.426 e. The summed E-state index contributed by atoms with van der Waals surface area (Å²) in [6.45, 7) is 2.23. The number of ether oxygens (including phenoxy) is 1. The summed E-state index contributed by atoms with van der Waals surface area (Å²) < 4.78 is 5.59. The summed E-state index contributed by atoms with van der Waals surface area (Å²) in [6, 6.07) is 16.0. The second-order valence-electron chi connectivity index (χ2n) is 9.12. The van der Waals surface area contributed by atoms with Gasteiger partial charge in [-0.05, 0) is 37.5 Å². The zero-order valence-corrected chi connectivity index (χ0v) is 18.9. The molecule has 7 heteroatoms. The normalized spacial score (nSPS) is 25.0. The monoisotopic (exact) mass is 458 g/mol. The molecule has 1 aliphatic carbocycles. The zero-order valence-electron chi connectivity index (χ0n) is 18.9. The molecule has 5 rings (SSSR count). The number of imide groups is 1. The molecule has 4 atom stereocenters. The fraction of sp³-hybridized carbons (Fsp3) is 0.333. The van der Waals surface area contributed by atoms with Crippen LogP contribution in [0.2, 0.25) is 0 Å². The predicted octanol–water partition coefficient (Wildman–Crippen LogP) is 3.66. The summed E-state index contributed by atoms with van der Waals surface area (Å²) in [5, 5.41) is 0. The number of hydrogen-bond donors (Lipinski definition) is 0. The minimum atomic E-state index is -0.577. The Balaban J connectivity index is 1.27. The number of fused-ring (bicyclic) bond motifs is 1. The lowest BCUT2D eigenvalue weighted by Crippen LogP contribution is -2.31. The van der Waals surface area contributed by atoms with E-state index in [1.807, 2.05) is 49.4 Å². The van der Waals surface area contributed by atoms with Crippen LogP contribution in [0.4, 0.5) is 5.69 Å². The Morgan fingerprint density at radius 1 is 0.941 bits per heavy atom. The third kappa shape index (κ3) is 3.91. The quantitative estimate of drug-likeness (QED) is 0.296. The number of amides is 3. The second kappa shape index (κ2) is 8.89. The van der Waals surface area contributed by atoms with Gasteiger partial charge < -0.3 is 9.64 Å². The molecule has 2 aromatic carbocycles. The molecule has 2 aliphatic heterocycles. The number of esters is 1. The summed E-state index contributed by atoms with van der Waals surface area (Å²) in [6.07, 6.45) is 5.11. The average Bonchev–Trinajstić information content (AvgIpc) is 3.37. The minimum absolute atomic E-state index is 0.0865. The number of anilines is 1. The lowest BCUT2D eigenvalue weighted by molar-refractivity contribution is -0.139. The van der Waals surface area contributed by atoms with Crippen LogP contribution < -0.4 is 9.64 Å². The first-order chi connectivity index (χ1) is 16.4. The van der Waals surface area contributed by atoms with E-state index < -0.39 is 11.9 Å². The highest BCUT2D eigenvalue weighted by Crippen LogP contribution is 2.38. The van der Waals surface area contributed by atoms with Crippen LogP contribution in [0.3, 0.4) is 0 Å². The molecule has 0 unspecified atom stereocenters. The zero-order chi connectivity index (χ0) is 23.8. The van der Waals surface area contributed by atoms with Crippen LogP contribution in [0.5, 0.6) is 5.75 Å². The van der Waals surface area contributed by atoms with Crippen molar-refractivity contribution in [2.45, 2.75) is 32.2 Å². The van der Waals surface area contributed by atoms with E-state index >= 15 is 0 Å². The smallest absolute Gasteiger partial charge is 0.316 e. The van der Waals surface area contributed by atoms with Crippen molar-refractivity contribution < 1.29 is 23.9 Å². The summed E-state index contributed by atoms with van der Waals surface area (Å²) in [5.74, 6) is -1.99. The van der Waals surface area contributed by atoms with Gasteiger partial charge in [0.25, 0.3) is 0 Å². The van der Waals surface area contributed by atoms with Gasteiger partial charge >= 0.3 is 5.97 Å². The van der Waals surface area contributed by atoms with Crippen LogP contribution in [0.15, 0.2) is 66.7 Å². The molecule has 0 saturated carbocycles. The molecule has 0 spiro atoms. The highest BCUT2D eigenvalue weighted by atomic mass is 16.5. The second-order valence-corrected chi connectivity index (χ2v) is 9.12. The fourth-order valence-electron chi connectivity index (χ4n) is 5.12. The van der Waals surface area contributed by atoms with Crippen LogP contribution in [0.1, 0.15) is 37.8 Å². The topological polar surface area (TPSA) is 84.0 Å². The van der Waals surface area contributed by atoms with Crippen LogP contribution >= 0.6 is 0 Å². The molecule has 0 N–H and O–H groups in total. The maximum absolute atomic E-state index is 12.9. The van der Waals surface area contributed by atoms with E-state index in [1.165, 1.54) is 4.90 Å². The molecule has 2 fully saturated rings. The number of hydrogen-bond acceptors (Lipinski definition) is 5. The maximum Gasteiger partial charge on any atom is 0.316 e. The van der Waals surface area contributed by atoms with E-state index in [-0.39, 0.29) is 54.3 Å². The number of likely N-dealkylation sites (tertiary alicyclic amines) is 1. The van der Waals surface area contributed by atoms with Crippen LogP contribution in [0.25, 0.3) is 0 Å². The van der Waals surface area contributed by atoms with E-state index in [0.717, 1.165) is 5.56 Å². The van der Waals surface area contributed by atoms with Gasteiger partial charge in [-0.3, -0.25) is 19.2 Å². The number of benzene rings is 2. The molecule has 2 aromatic rings. The van der Waals surface area contributed by atoms with Crippen molar-refractivity contribution in [3.05, 3.63) is 72.3 Å². The lowest BCUT2D eigenvalue weighted by atomic mass is 9.85. The van der Waals surface area contributed by atoms with E-state index in [1.54, 1.807) is 29.2 Å². The number of carbonyl (C=O) groups is 4. The van der Waals surface area contributed by atoms with Gasteiger partial charge in [-0.1, -0.05) is 48.6 Å². The molecule has 0 bridgehead atoms. The van der Waals surface area contributed by atoms with Crippen molar-refractivity contribution in [3.63, 3.8) is 0 Å². The van der Waals surface area contributed by atoms with E-state index in [4.69, 9.17) is 4.74 Å². The molecule has 0 radical (unpaired) electrons. The third-order valence-corrected chi connectivity index (χ3v) is 7.04. The first kappa shape index (κ1) is 22.1. The fourth-order valence-corrected chi connectivity index (χ4v) is 5.12. The van der Waals surface area contributed by atoms with E-state index in [0.29, 0.717) is 18.5 Å². The summed E-state index contributed by atoms with van der Waals surface area (Å²) >= 11 is 0. The number of rotatable bonds is 5. The SMILES string of the molecule is C[C@H](c1ccccc1)N1C[C@H](C(=O)Oc2cccc(N3C(=O)[C@@H]4CC=CC[C@H]4C3=O)c2)CC1=O. The Hall–Kier alpha value is -3.74. The summed E-state index contributed by atoms with van der Waals surface area (Å²) in [4.78, 5) is 54.1. The van der Waals surface area contributed by atoms with Crippen molar-refractivity contribution >= 4 is 29.4 Å². The Morgan fingerprint density at radius 2 is 1.62 bits per heavy atom. The van der Waals surface area contributed by atoms with Crippen molar-refractivity contribution in [1.82, 2.24) is 4.90 Å². The molecule has 3 aliphatic rings. The Morgan fingerprint density at radius 3 is 2.29 bits per heavy atom. The maximum atomic E-state index is 12.9. The highest BCUT2D eigenvalue weighted by Gasteiger charge is 2.48. The van der Waals surface area contributed by atoms with Crippen LogP contribution in [-0.4, -0.2) is 35.1 Å². The van der Waals surface area contributed by atoms with Crippen LogP contribution in [0, 0.1) is 17.8 Å². The minimum Gasteiger partial charge on any atom is -0.426 e. The number of allylic oxidation sites excluding steroid dienone is 2. The molecule has 7 nitrogen and oxygen atoms in total. The first-order valence-corrected chi connectivity index (χ1v) is 11.6. The standard InChI is InChI=1S/C27H26N2O5/c1-17(18-8-3-2-4-9-18)28-16-19(14-24(28)30)27(33)34-21-11-7-10-20(15-21)29-25(31)22-12-5-6-13-23(22)26(29)32/h2-11,15,17,19,22-23H,12-14,16H2,1H3/t17-,19-,22-,23-/m1/s1. The Bertz CT molecular complexity index is 1150.